The lowest BCUT2D eigenvalue weighted by molar-refractivity contribution is -0.0813. The summed E-state index contributed by atoms with van der Waals surface area (Å²) in [5.74, 6) is -0.0466. The Morgan fingerprint density at radius 2 is 1.73 bits per heavy atom. The summed E-state index contributed by atoms with van der Waals surface area (Å²) in [6, 6.07) is 0. The highest BCUT2D eigenvalue weighted by atomic mass is 19.3. The summed E-state index contributed by atoms with van der Waals surface area (Å²) in [7, 11) is 0. The maximum Gasteiger partial charge on any atom is 0.251 e. The molecular formula is C20H34F2. The number of hydrogen-bond donors (Lipinski definition) is 0. The van der Waals surface area contributed by atoms with Crippen LogP contribution in [0.4, 0.5) is 8.78 Å². The monoisotopic (exact) mass is 312 g/mol. The summed E-state index contributed by atoms with van der Waals surface area (Å²) >= 11 is 0. The van der Waals surface area contributed by atoms with Crippen LogP contribution in [0.2, 0.25) is 0 Å². The molecule has 1 rings (SSSR count). The van der Waals surface area contributed by atoms with Crippen LogP contribution in [0, 0.1) is 24.2 Å². The Balaban J connectivity index is 2.27. The fraction of sp³-hybridized carbons (Fsp3) is 0.900. The van der Waals surface area contributed by atoms with Gasteiger partial charge in [0, 0.05) is 18.8 Å². The molecule has 0 aromatic carbocycles. The summed E-state index contributed by atoms with van der Waals surface area (Å²) in [4.78, 5) is 0. The normalized spacial score (nSPS) is 21.9. The number of halogens is 2. The van der Waals surface area contributed by atoms with Crippen molar-refractivity contribution >= 4 is 0 Å². The van der Waals surface area contributed by atoms with E-state index in [0.717, 1.165) is 38.5 Å². The Labute approximate surface area is 136 Å². The van der Waals surface area contributed by atoms with E-state index < -0.39 is 5.92 Å². The number of alkyl halides is 2. The summed E-state index contributed by atoms with van der Waals surface area (Å²) in [5.41, 5.74) is 0. The lowest BCUT2D eigenvalue weighted by atomic mass is 9.84. The predicted molar refractivity (Wildman–Crippen MR) is 91.1 cm³/mol. The Kier molecular flexibility index (Phi) is 9.76. The first-order valence-electron chi connectivity index (χ1n) is 9.43. The minimum atomic E-state index is -2.47. The molecule has 0 unspecified atom stereocenters. The highest BCUT2D eigenvalue weighted by Crippen LogP contribution is 2.46. The van der Waals surface area contributed by atoms with Crippen LogP contribution in [0.15, 0.2) is 0 Å². The standard InChI is InChI=1S/C20H34F2/c1-3-5-7-9-10-11-14-18-15-13-16-19(18)20(21,22)17-12-8-6-4-2/h2,18-19H,3,5-17H2,1H3/t18-,19-/m0/s1. The number of hydrogen-bond acceptors (Lipinski definition) is 0. The SMILES string of the molecule is C#CCCCCC(F)(F)[C@H]1CCC[C@@H]1CCCCCCCC. The topological polar surface area (TPSA) is 0 Å². The molecule has 0 bridgehead atoms. The van der Waals surface area contributed by atoms with Gasteiger partial charge in [0.05, 0.1) is 0 Å². The van der Waals surface area contributed by atoms with E-state index in [0.29, 0.717) is 12.8 Å². The largest absolute Gasteiger partial charge is 0.251 e. The molecule has 0 aromatic heterocycles. The van der Waals surface area contributed by atoms with Crippen LogP contribution >= 0.6 is 0 Å². The molecule has 0 aromatic rings. The molecule has 2 heteroatoms. The maximum atomic E-state index is 14.4. The third-order valence-corrected chi connectivity index (χ3v) is 5.21. The van der Waals surface area contributed by atoms with Gasteiger partial charge in [-0.2, -0.15) is 0 Å². The summed E-state index contributed by atoms with van der Waals surface area (Å²) in [6.45, 7) is 2.22. The van der Waals surface area contributed by atoms with Crippen molar-refractivity contribution in [2.24, 2.45) is 11.8 Å². The Morgan fingerprint density at radius 1 is 1.00 bits per heavy atom. The average Bonchev–Trinajstić information content (AvgIpc) is 2.97. The molecular weight excluding hydrogens is 278 g/mol. The van der Waals surface area contributed by atoms with Gasteiger partial charge in [-0.05, 0) is 38.0 Å². The van der Waals surface area contributed by atoms with Crippen LogP contribution in [0.3, 0.4) is 0 Å². The highest BCUT2D eigenvalue weighted by molar-refractivity contribution is 4.88. The van der Waals surface area contributed by atoms with Crippen molar-refractivity contribution in [2.75, 3.05) is 0 Å². The van der Waals surface area contributed by atoms with Gasteiger partial charge < -0.3 is 0 Å². The van der Waals surface area contributed by atoms with Crippen molar-refractivity contribution in [2.45, 2.75) is 103 Å². The maximum absolute atomic E-state index is 14.4. The highest BCUT2D eigenvalue weighted by Gasteiger charge is 2.45. The van der Waals surface area contributed by atoms with Gasteiger partial charge in [-0.15, -0.1) is 12.3 Å². The van der Waals surface area contributed by atoms with E-state index in [1.54, 1.807) is 0 Å². The molecule has 0 aliphatic heterocycles. The van der Waals surface area contributed by atoms with Crippen LogP contribution in [-0.4, -0.2) is 5.92 Å². The summed E-state index contributed by atoms with van der Waals surface area (Å²) in [6.07, 6.45) is 18.4. The van der Waals surface area contributed by atoms with Crippen molar-refractivity contribution in [3.8, 4) is 12.3 Å². The zero-order chi connectivity index (χ0) is 16.3. The average molecular weight is 312 g/mol. The Morgan fingerprint density at radius 3 is 2.45 bits per heavy atom. The molecule has 1 aliphatic rings. The van der Waals surface area contributed by atoms with Crippen LogP contribution in [0.25, 0.3) is 0 Å². The van der Waals surface area contributed by atoms with Crippen LogP contribution < -0.4 is 0 Å². The minimum absolute atomic E-state index is 0.0341. The molecule has 0 radical (unpaired) electrons. The quantitative estimate of drug-likeness (QED) is 0.269. The van der Waals surface area contributed by atoms with Gasteiger partial charge in [0.2, 0.25) is 0 Å². The van der Waals surface area contributed by atoms with Gasteiger partial charge >= 0.3 is 0 Å². The molecule has 0 N–H and O–H groups in total. The van der Waals surface area contributed by atoms with Crippen LogP contribution in [0.5, 0.6) is 0 Å². The lowest BCUT2D eigenvalue weighted by Crippen LogP contribution is -2.31. The summed E-state index contributed by atoms with van der Waals surface area (Å²) in [5, 5.41) is 0. The zero-order valence-electron chi connectivity index (χ0n) is 14.4. The van der Waals surface area contributed by atoms with E-state index in [9.17, 15) is 8.78 Å². The third kappa shape index (κ3) is 7.12. The van der Waals surface area contributed by atoms with Crippen LogP contribution in [-0.2, 0) is 0 Å². The smallest absolute Gasteiger partial charge is 0.207 e. The van der Waals surface area contributed by atoms with Gasteiger partial charge in [0.1, 0.15) is 0 Å². The zero-order valence-corrected chi connectivity index (χ0v) is 14.4. The second kappa shape index (κ2) is 11.0. The summed E-state index contributed by atoms with van der Waals surface area (Å²) < 4.78 is 28.9. The van der Waals surface area contributed by atoms with Crippen molar-refractivity contribution in [1.29, 1.82) is 0 Å². The first-order chi connectivity index (χ1) is 10.6. The molecule has 1 aliphatic carbocycles. The number of rotatable bonds is 12. The molecule has 0 nitrogen and oxygen atoms in total. The van der Waals surface area contributed by atoms with Crippen molar-refractivity contribution < 1.29 is 8.78 Å². The number of unbranched alkanes of at least 4 members (excludes halogenated alkanes) is 7. The molecule has 1 fully saturated rings. The molecule has 128 valence electrons. The fourth-order valence-electron chi connectivity index (χ4n) is 3.90. The van der Waals surface area contributed by atoms with E-state index >= 15 is 0 Å². The van der Waals surface area contributed by atoms with Gasteiger partial charge in [-0.3, -0.25) is 0 Å². The molecule has 0 amide bonds. The third-order valence-electron chi connectivity index (χ3n) is 5.21. The fourth-order valence-corrected chi connectivity index (χ4v) is 3.90. The van der Waals surface area contributed by atoms with E-state index in [4.69, 9.17) is 6.42 Å². The van der Waals surface area contributed by atoms with Gasteiger partial charge in [-0.25, -0.2) is 8.78 Å². The first kappa shape index (κ1) is 19.5. The minimum Gasteiger partial charge on any atom is -0.207 e. The molecule has 1 saturated carbocycles. The molecule has 0 heterocycles. The molecule has 0 spiro atoms. The van der Waals surface area contributed by atoms with Crippen molar-refractivity contribution in [3.05, 3.63) is 0 Å². The Hall–Kier alpha value is -0.580. The predicted octanol–water partition coefficient (Wildman–Crippen LogP) is 6.98. The molecule has 2 atom stereocenters. The van der Waals surface area contributed by atoms with E-state index in [2.05, 4.69) is 12.8 Å². The van der Waals surface area contributed by atoms with E-state index in [-0.39, 0.29) is 18.3 Å². The number of terminal acetylenes is 1. The van der Waals surface area contributed by atoms with Gasteiger partial charge in [0.15, 0.2) is 0 Å². The van der Waals surface area contributed by atoms with Gasteiger partial charge in [-0.1, -0.05) is 51.9 Å². The van der Waals surface area contributed by atoms with E-state index in [1.165, 1.54) is 32.1 Å². The van der Waals surface area contributed by atoms with Crippen molar-refractivity contribution in [3.63, 3.8) is 0 Å². The molecule has 22 heavy (non-hydrogen) atoms. The van der Waals surface area contributed by atoms with E-state index in [1.807, 2.05) is 0 Å². The van der Waals surface area contributed by atoms with Crippen LogP contribution in [0.1, 0.15) is 96.8 Å². The Bertz CT molecular complexity index is 316. The second-order valence-corrected chi connectivity index (χ2v) is 7.03. The lowest BCUT2D eigenvalue weighted by Gasteiger charge is -2.28. The molecule has 0 saturated heterocycles. The second-order valence-electron chi connectivity index (χ2n) is 7.03. The van der Waals surface area contributed by atoms with Crippen molar-refractivity contribution in [1.82, 2.24) is 0 Å². The van der Waals surface area contributed by atoms with Gasteiger partial charge in [0.25, 0.3) is 5.92 Å². The first-order valence-corrected chi connectivity index (χ1v) is 9.43.